The molecule has 0 aromatic heterocycles. The second kappa shape index (κ2) is 36.4. The van der Waals surface area contributed by atoms with Crippen molar-refractivity contribution in [2.24, 2.45) is 0 Å². The SMILES string of the molecule is [2H]C([2H])([2H])[N+](CCOP(=O)([O-])OCC(COC(=O)CCCCCCCCCCCCCCCC)OC(=O)CCCCCCC/C=C\CCCCCCCC)(C([2H])([2H])[2H])C([2H])([2H])[2H]. The van der Waals surface area contributed by atoms with Crippen LogP contribution in [0.4, 0.5) is 0 Å². The van der Waals surface area contributed by atoms with Gasteiger partial charge < -0.3 is 27.9 Å². The van der Waals surface area contributed by atoms with E-state index < -0.39 is 77.6 Å². The molecular weight excluding hydrogens is 689 g/mol. The number of rotatable bonds is 40. The maximum absolute atomic E-state index is 12.8. The van der Waals surface area contributed by atoms with E-state index in [9.17, 15) is 19.0 Å². The Kier molecular flexibility index (Phi) is 25.6. The molecule has 10 heteroatoms. The Morgan fingerprint density at radius 2 is 1.02 bits per heavy atom. The highest BCUT2D eigenvalue weighted by Gasteiger charge is 2.21. The number of likely N-dealkylation sites (N-methyl/N-ethyl adjacent to an activating group) is 1. The van der Waals surface area contributed by atoms with Gasteiger partial charge >= 0.3 is 11.9 Å². The normalized spacial score (nSPS) is 16.9. The van der Waals surface area contributed by atoms with Crippen molar-refractivity contribution in [3.8, 4) is 0 Å². The van der Waals surface area contributed by atoms with Gasteiger partial charge in [-0.2, -0.15) is 0 Å². The number of quaternary nitrogens is 1. The Labute approximate surface area is 339 Å². The number of carbonyl (C=O) groups excluding carboxylic acids is 2. The van der Waals surface area contributed by atoms with Crippen LogP contribution in [0.2, 0.25) is 0 Å². The van der Waals surface area contributed by atoms with Gasteiger partial charge in [0.05, 0.1) is 39.9 Å². The molecule has 0 saturated heterocycles. The van der Waals surface area contributed by atoms with E-state index in [0.717, 1.165) is 64.2 Å². The number of hydrogen-bond acceptors (Lipinski definition) is 8. The third kappa shape index (κ3) is 40.2. The molecule has 0 aliphatic rings. The lowest BCUT2D eigenvalue weighted by molar-refractivity contribution is -0.870. The third-order valence-corrected chi connectivity index (χ3v) is 10.2. The minimum atomic E-state index is -5.33. The number of ether oxygens (including phenoxy) is 2. The van der Waals surface area contributed by atoms with E-state index in [4.69, 9.17) is 30.9 Å². The summed E-state index contributed by atoms with van der Waals surface area (Å²) in [6.07, 6.45) is 33.9. The van der Waals surface area contributed by atoms with Gasteiger partial charge in [-0.3, -0.25) is 14.2 Å². The highest BCUT2D eigenvalue weighted by molar-refractivity contribution is 7.45. The predicted molar refractivity (Wildman–Crippen MR) is 218 cm³/mol. The van der Waals surface area contributed by atoms with Crippen LogP contribution in [0.15, 0.2) is 12.2 Å². The molecule has 0 bridgehead atoms. The van der Waals surface area contributed by atoms with E-state index in [-0.39, 0.29) is 12.8 Å². The summed E-state index contributed by atoms with van der Waals surface area (Å²) < 4.78 is 99.9. The Morgan fingerprint density at radius 1 is 0.604 bits per heavy atom. The van der Waals surface area contributed by atoms with Crippen molar-refractivity contribution in [3.05, 3.63) is 12.2 Å². The van der Waals surface area contributed by atoms with Crippen LogP contribution in [-0.2, 0) is 32.7 Å². The average molecular weight is 783 g/mol. The van der Waals surface area contributed by atoms with E-state index >= 15 is 0 Å². The molecule has 53 heavy (non-hydrogen) atoms. The molecule has 0 radical (unpaired) electrons. The molecule has 0 aliphatic carbocycles. The van der Waals surface area contributed by atoms with Gasteiger partial charge in [-0.25, -0.2) is 0 Å². The van der Waals surface area contributed by atoms with Gasteiger partial charge in [0.1, 0.15) is 19.8 Å². The summed E-state index contributed by atoms with van der Waals surface area (Å²) in [4.78, 5) is 38.0. The van der Waals surface area contributed by atoms with Crippen LogP contribution in [-0.4, -0.2) is 69.8 Å². The summed E-state index contributed by atoms with van der Waals surface area (Å²) in [6.45, 7) is -10.0. The van der Waals surface area contributed by atoms with Gasteiger partial charge in [0.2, 0.25) is 0 Å². The van der Waals surface area contributed by atoms with E-state index in [0.29, 0.717) is 12.8 Å². The van der Waals surface area contributed by atoms with Gasteiger partial charge in [0.15, 0.2) is 6.10 Å². The number of esters is 2. The van der Waals surface area contributed by atoms with E-state index in [1.807, 2.05) is 0 Å². The molecule has 0 N–H and O–H groups in total. The fourth-order valence-electron chi connectivity index (χ4n) is 5.92. The lowest BCUT2D eigenvalue weighted by Crippen LogP contribution is -2.37. The van der Waals surface area contributed by atoms with Gasteiger partial charge in [-0.1, -0.05) is 161 Å². The van der Waals surface area contributed by atoms with Crippen molar-refractivity contribution in [2.45, 2.75) is 206 Å². The zero-order valence-corrected chi connectivity index (χ0v) is 34.6. The number of phosphoric ester groups is 1. The molecule has 314 valence electrons. The maximum Gasteiger partial charge on any atom is 0.306 e. The van der Waals surface area contributed by atoms with Gasteiger partial charge in [0.25, 0.3) is 7.82 Å². The lowest BCUT2D eigenvalue weighted by atomic mass is 10.0. The summed E-state index contributed by atoms with van der Waals surface area (Å²) in [7, 11) is -5.33. The summed E-state index contributed by atoms with van der Waals surface area (Å²) in [5, 5.41) is 0. The monoisotopic (exact) mass is 783 g/mol. The minimum absolute atomic E-state index is 0.0482. The van der Waals surface area contributed by atoms with Crippen LogP contribution < -0.4 is 4.89 Å². The van der Waals surface area contributed by atoms with Crippen molar-refractivity contribution in [2.75, 3.05) is 47.3 Å². The first kappa shape index (κ1) is 37.3. The second-order valence-corrected chi connectivity index (χ2v) is 16.0. The topological polar surface area (TPSA) is 111 Å². The molecule has 0 aromatic rings. The van der Waals surface area contributed by atoms with Crippen molar-refractivity contribution in [3.63, 3.8) is 0 Å². The maximum atomic E-state index is 12.8. The zero-order chi connectivity index (χ0) is 46.8. The molecule has 0 amide bonds. The van der Waals surface area contributed by atoms with Gasteiger partial charge in [-0.05, 0) is 38.5 Å². The van der Waals surface area contributed by atoms with Crippen LogP contribution in [0.5, 0.6) is 0 Å². The van der Waals surface area contributed by atoms with Crippen LogP contribution in [0.3, 0.4) is 0 Å². The molecule has 0 spiro atoms. The number of hydrogen-bond donors (Lipinski definition) is 0. The molecule has 0 aromatic carbocycles. The first-order chi connectivity index (χ1) is 29.2. The van der Waals surface area contributed by atoms with Crippen LogP contribution in [0.1, 0.15) is 212 Å². The van der Waals surface area contributed by atoms with Crippen molar-refractivity contribution in [1.29, 1.82) is 0 Å². The predicted octanol–water partition coefficient (Wildman–Crippen LogP) is 11.6. The Morgan fingerprint density at radius 3 is 1.47 bits per heavy atom. The van der Waals surface area contributed by atoms with Crippen molar-refractivity contribution in [1.82, 2.24) is 0 Å². The molecule has 0 rings (SSSR count). The molecule has 0 saturated carbocycles. The summed E-state index contributed by atoms with van der Waals surface area (Å²) >= 11 is 0. The fraction of sp³-hybridized carbons (Fsp3) is 0.907. The number of phosphoric acid groups is 1. The van der Waals surface area contributed by atoms with Crippen LogP contribution in [0, 0.1) is 0 Å². The molecule has 0 aliphatic heterocycles. The van der Waals surface area contributed by atoms with Gasteiger partial charge in [-0.15, -0.1) is 0 Å². The smallest absolute Gasteiger partial charge is 0.306 e. The highest BCUT2D eigenvalue weighted by Crippen LogP contribution is 2.38. The lowest BCUT2D eigenvalue weighted by Gasteiger charge is -2.28. The Hall–Kier alpha value is -1.25. The van der Waals surface area contributed by atoms with Crippen molar-refractivity contribution < 1.29 is 54.4 Å². The summed E-state index contributed by atoms with van der Waals surface area (Å²) in [5.41, 5.74) is 0. The first-order valence-electron chi connectivity index (χ1n) is 25.7. The molecule has 0 fully saturated rings. The standard InChI is InChI=1S/C43H84NO8P/c1-6-8-10-12-14-16-18-20-22-24-26-28-30-32-34-36-43(46)52-41(40-51-53(47,48)50-38-37-44(3,4)5)39-49-42(45)35-33-31-29-27-25-23-21-19-17-15-13-11-9-7-2/h20,22,41H,6-19,21,23-40H2,1-5H3/b22-20-/i3D3,4D3,5D3. The third-order valence-electron chi connectivity index (χ3n) is 9.20. The van der Waals surface area contributed by atoms with E-state index in [2.05, 4.69) is 26.0 Å². The Bertz CT molecular complexity index is 1180. The number of nitrogens with zero attached hydrogens (tertiary/aromatic N) is 1. The molecule has 2 unspecified atom stereocenters. The second-order valence-electron chi connectivity index (χ2n) is 14.6. The molecule has 9 nitrogen and oxygen atoms in total. The number of allylic oxidation sites excluding steroid dienone is 2. The first-order valence-corrected chi connectivity index (χ1v) is 22.7. The Balaban J connectivity index is 4.96. The fourth-order valence-corrected chi connectivity index (χ4v) is 6.65. The summed E-state index contributed by atoms with van der Waals surface area (Å²) in [6, 6.07) is 0. The molecule has 0 heterocycles. The average Bonchev–Trinajstić information content (AvgIpc) is 3.17. The minimum Gasteiger partial charge on any atom is -0.756 e. The largest absolute Gasteiger partial charge is 0.756 e. The number of unbranched alkanes of at least 4 members (excludes halogenated alkanes) is 24. The van der Waals surface area contributed by atoms with Crippen LogP contribution in [0.25, 0.3) is 0 Å². The zero-order valence-electron chi connectivity index (χ0n) is 42.7. The van der Waals surface area contributed by atoms with E-state index in [1.54, 1.807) is 0 Å². The summed E-state index contributed by atoms with van der Waals surface area (Å²) in [5.74, 6) is -1.19. The number of carbonyl (C=O) groups is 2. The quantitative estimate of drug-likeness (QED) is 0.0199. The molecular formula is C43H84NO8P. The highest BCUT2D eigenvalue weighted by atomic mass is 31.2. The van der Waals surface area contributed by atoms with Gasteiger partial charge in [0, 0.05) is 12.8 Å². The van der Waals surface area contributed by atoms with E-state index in [1.165, 1.54) is 96.3 Å². The van der Waals surface area contributed by atoms with Crippen LogP contribution >= 0.6 is 7.82 Å². The molecule has 2 atom stereocenters. The van der Waals surface area contributed by atoms with Crippen molar-refractivity contribution >= 4 is 19.8 Å².